The van der Waals surface area contributed by atoms with E-state index >= 15 is 0 Å². The number of hydrogen-bond donors (Lipinski definition) is 1. The van der Waals surface area contributed by atoms with E-state index in [0.717, 1.165) is 0 Å². The van der Waals surface area contributed by atoms with Crippen LogP contribution in [0.2, 0.25) is 0 Å². The molecule has 2 aromatic rings. The van der Waals surface area contributed by atoms with Crippen LogP contribution in [0.1, 0.15) is 36.7 Å². The smallest absolute Gasteiger partial charge is 0.338 e. The van der Waals surface area contributed by atoms with E-state index in [1.807, 2.05) is 20.8 Å². The monoisotopic (exact) mass is 285 g/mol. The first-order valence-electron chi connectivity index (χ1n) is 6.31. The highest BCUT2D eigenvalue weighted by Crippen LogP contribution is 2.25. The minimum absolute atomic E-state index is 0.0866. The molecule has 0 bridgehead atoms. The van der Waals surface area contributed by atoms with Gasteiger partial charge in [-0.05, 0) is 39.0 Å². The van der Waals surface area contributed by atoms with Crippen molar-refractivity contribution in [1.29, 1.82) is 5.26 Å². The molecule has 6 heteroatoms. The summed E-state index contributed by atoms with van der Waals surface area (Å²) >= 11 is 0. The van der Waals surface area contributed by atoms with Crippen LogP contribution in [0.15, 0.2) is 30.6 Å². The minimum atomic E-state index is -1.05. The third-order valence-electron chi connectivity index (χ3n) is 2.59. The summed E-state index contributed by atoms with van der Waals surface area (Å²) in [5, 5.41) is 22.1. The Balaban J connectivity index is 2.39. The lowest BCUT2D eigenvalue weighted by Crippen LogP contribution is -2.23. The third-order valence-corrected chi connectivity index (χ3v) is 2.59. The molecule has 1 heterocycles. The summed E-state index contributed by atoms with van der Waals surface area (Å²) in [6.45, 7) is 5.69. The van der Waals surface area contributed by atoms with E-state index in [2.05, 4.69) is 11.2 Å². The van der Waals surface area contributed by atoms with Crippen LogP contribution >= 0.6 is 0 Å². The van der Waals surface area contributed by atoms with Crippen LogP contribution in [0.4, 0.5) is 0 Å². The topological polar surface area (TPSA) is 88.1 Å². The zero-order valence-corrected chi connectivity index (χ0v) is 12.0. The van der Waals surface area contributed by atoms with Crippen LogP contribution in [0, 0.1) is 11.3 Å². The lowest BCUT2D eigenvalue weighted by atomic mass is 10.1. The van der Waals surface area contributed by atoms with Crippen LogP contribution < -0.4 is 4.74 Å². The van der Waals surface area contributed by atoms with E-state index in [-0.39, 0.29) is 5.56 Å². The van der Waals surface area contributed by atoms with Crippen LogP contribution in [0.25, 0.3) is 5.69 Å². The first kappa shape index (κ1) is 14.6. The fraction of sp³-hybridized carbons (Fsp3) is 0.267. The van der Waals surface area contributed by atoms with Gasteiger partial charge in [0.2, 0.25) is 0 Å². The van der Waals surface area contributed by atoms with Gasteiger partial charge in [0.1, 0.15) is 17.4 Å². The molecule has 0 atom stereocenters. The highest BCUT2D eigenvalue weighted by atomic mass is 16.5. The average molecular weight is 285 g/mol. The molecule has 0 aliphatic carbocycles. The van der Waals surface area contributed by atoms with Gasteiger partial charge in [0.25, 0.3) is 0 Å². The normalized spacial score (nSPS) is 11.0. The molecule has 0 aliphatic rings. The van der Waals surface area contributed by atoms with Crippen molar-refractivity contribution in [3.63, 3.8) is 0 Å². The number of aromatic nitrogens is 2. The van der Waals surface area contributed by atoms with Gasteiger partial charge in [-0.25, -0.2) is 9.48 Å². The Morgan fingerprint density at radius 3 is 2.67 bits per heavy atom. The molecule has 0 fully saturated rings. The van der Waals surface area contributed by atoms with Crippen molar-refractivity contribution in [2.24, 2.45) is 0 Å². The van der Waals surface area contributed by atoms with Gasteiger partial charge >= 0.3 is 5.97 Å². The van der Waals surface area contributed by atoms with Gasteiger partial charge in [-0.2, -0.15) is 10.4 Å². The minimum Gasteiger partial charge on any atom is -0.487 e. The Morgan fingerprint density at radius 1 is 1.43 bits per heavy atom. The third kappa shape index (κ3) is 3.39. The maximum absolute atomic E-state index is 10.9. The number of carboxylic acids is 1. The molecule has 0 amide bonds. The molecule has 1 aromatic carbocycles. The summed E-state index contributed by atoms with van der Waals surface area (Å²) < 4.78 is 7.12. The average Bonchev–Trinajstić information content (AvgIpc) is 2.87. The predicted octanol–water partition coefficient (Wildman–Crippen LogP) is 2.62. The molecular formula is C15H15N3O3. The van der Waals surface area contributed by atoms with Crippen molar-refractivity contribution in [2.45, 2.75) is 26.4 Å². The fourth-order valence-electron chi connectivity index (χ4n) is 1.74. The number of ether oxygens (including phenoxy) is 1. The van der Waals surface area contributed by atoms with Crippen LogP contribution in [-0.2, 0) is 0 Å². The number of rotatable bonds is 3. The van der Waals surface area contributed by atoms with Crippen LogP contribution in [0.3, 0.4) is 0 Å². The molecular weight excluding hydrogens is 270 g/mol. The quantitative estimate of drug-likeness (QED) is 0.936. The van der Waals surface area contributed by atoms with Crippen molar-refractivity contribution in [3.8, 4) is 17.5 Å². The summed E-state index contributed by atoms with van der Waals surface area (Å²) in [4.78, 5) is 10.9. The van der Waals surface area contributed by atoms with Gasteiger partial charge in [-0.15, -0.1) is 0 Å². The summed E-state index contributed by atoms with van der Waals surface area (Å²) in [6, 6.07) is 7.09. The van der Waals surface area contributed by atoms with E-state index in [0.29, 0.717) is 17.0 Å². The summed E-state index contributed by atoms with van der Waals surface area (Å²) in [7, 11) is 0. The molecule has 1 aromatic heterocycles. The Hall–Kier alpha value is -2.81. The van der Waals surface area contributed by atoms with Gasteiger partial charge in [0.15, 0.2) is 0 Å². The van der Waals surface area contributed by atoms with Gasteiger partial charge in [0, 0.05) is 6.20 Å². The first-order valence-corrected chi connectivity index (χ1v) is 6.31. The second-order valence-electron chi connectivity index (χ2n) is 5.49. The Morgan fingerprint density at radius 2 is 2.14 bits per heavy atom. The van der Waals surface area contributed by atoms with Gasteiger partial charge < -0.3 is 9.84 Å². The molecule has 0 radical (unpaired) electrons. The number of nitriles is 1. The Bertz CT molecular complexity index is 720. The first-order chi connectivity index (χ1) is 9.80. The number of benzene rings is 1. The Kier molecular flexibility index (Phi) is 3.68. The molecule has 0 unspecified atom stereocenters. The molecule has 6 nitrogen and oxygen atoms in total. The zero-order valence-electron chi connectivity index (χ0n) is 12.0. The lowest BCUT2D eigenvalue weighted by Gasteiger charge is -2.22. The predicted molar refractivity (Wildman–Crippen MR) is 75.6 cm³/mol. The van der Waals surface area contributed by atoms with E-state index in [9.17, 15) is 10.1 Å². The summed E-state index contributed by atoms with van der Waals surface area (Å²) in [5.74, 6) is -0.561. The molecule has 0 spiro atoms. The number of nitrogens with zero attached hydrogens (tertiary/aromatic N) is 3. The maximum atomic E-state index is 10.9. The Labute approximate surface area is 122 Å². The number of carbonyl (C=O) groups is 1. The lowest BCUT2D eigenvalue weighted by molar-refractivity contribution is 0.0697. The maximum Gasteiger partial charge on any atom is 0.338 e. The number of carboxylic acid groups (broad SMARTS) is 1. The molecule has 0 saturated heterocycles. The van der Waals surface area contributed by atoms with E-state index < -0.39 is 11.6 Å². The van der Waals surface area contributed by atoms with Crippen LogP contribution in [-0.4, -0.2) is 26.5 Å². The van der Waals surface area contributed by atoms with Crippen molar-refractivity contribution in [2.75, 3.05) is 0 Å². The largest absolute Gasteiger partial charge is 0.487 e. The van der Waals surface area contributed by atoms with E-state index in [1.54, 1.807) is 18.2 Å². The SMILES string of the molecule is CC(C)(C)Oc1ccc(-n2cc(C(=O)O)cn2)cc1C#N. The summed E-state index contributed by atoms with van der Waals surface area (Å²) in [6.07, 6.45) is 2.65. The van der Waals surface area contributed by atoms with Crippen molar-refractivity contribution < 1.29 is 14.6 Å². The molecule has 21 heavy (non-hydrogen) atoms. The second-order valence-corrected chi connectivity index (χ2v) is 5.49. The number of aromatic carboxylic acids is 1. The molecule has 0 saturated carbocycles. The van der Waals surface area contributed by atoms with Gasteiger partial charge in [0.05, 0.1) is 23.0 Å². The highest BCUT2D eigenvalue weighted by Gasteiger charge is 2.16. The zero-order chi connectivity index (χ0) is 15.6. The van der Waals surface area contributed by atoms with E-state index in [4.69, 9.17) is 9.84 Å². The van der Waals surface area contributed by atoms with Crippen molar-refractivity contribution in [1.82, 2.24) is 9.78 Å². The second kappa shape index (κ2) is 5.29. The molecule has 108 valence electrons. The highest BCUT2D eigenvalue weighted by molar-refractivity contribution is 5.87. The molecule has 1 N–H and O–H groups in total. The molecule has 2 rings (SSSR count). The van der Waals surface area contributed by atoms with Crippen molar-refractivity contribution >= 4 is 5.97 Å². The summed E-state index contributed by atoms with van der Waals surface area (Å²) in [5.41, 5.74) is 0.647. The van der Waals surface area contributed by atoms with Gasteiger partial charge in [-0.3, -0.25) is 0 Å². The molecule has 0 aliphatic heterocycles. The van der Waals surface area contributed by atoms with Crippen LogP contribution in [0.5, 0.6) is 5.75 Å². The fourth-order valence-corrected chi connectivity index (χ4v) is 1.74. The van der Waals surface area contributed by atoms with E-state index in [1.165, 1.54) is 17.1 Å². The van der Waals surface area contributed by atoms with Crippen molar-refractivity contribution in [3.05, 3.63) is 41.7 Å². The standard InChI is InChI=1S/C15H15N3O3/c1-15(2,3)21-13-5-4-12(6-10(13)7-16)18-9-11(8-17-18)14(19)20/h4-6,8-9H,1-3H3,(H,19,20). The van der Waals surface area contributed by atoms with Gasteiger partial charge in [-0.1, -0.05) is 0 Å². The number of hydrogen-bond acceptors (Lipinski definition) is 4.